The fourth-order valence-electron chi connectivity index (χ4n) is 4.39. The predicted octanol–water partition coefficient (Wildman–Crippen LogP) is 4.05. The highest BCUT2D eigenvalue weighted by atomic mass is 16.2. The maximum atomic E-state index is 13.6. The van der Waals surface area contributed by atoms with Gasteiger partial charge in [0.05, 0.1) is 36.2 Å². The van der Waals surface area contributed by atoms with Gasteiger partial charge in [-0.15, -0.1) is 0 Å². The zero-order valence-corrected chi connectivity index (χ0v) is 18.8. The van der Waals surface area contributed by atoms with Crippen molar-refractivity contribution in [2.45, 2.75) is 32.1 Å². The molecule has 4 aromatic rings. The summed E-state index contributed by atoms with van der Waals surface area (Å²) < 4.78 is 2.07. The summed E-state index contributed by atoms with van der Waals surface area (Å²) in [5.74, 6) is 0.0700. The average molecular weight is 448 g/mol. The quantitative estimate of drug-likeness (QED) is 0.484. The van der Waals surface area contributed by atoms with E-state index in [0.29, 0.717) is 31.6 Å². The van der Waals surface area contributed by atoms with Crippen LogP contribution in [0.5, 0.6) is 0 Å². The number of carbonyl (C=O) groups is 1. The third kappa shape index (κ3) is 4.61. The molecule has 3 aromatic carbocycles. The number of rotatable bonds is 6. The van der Waals surface area contributed by atoms with Crippen LogP contribution in [0.1, 0.15) is 27.9 Å². The lowest BCUT2D eigenvalue weighted by atomic mass is 10.0. The van der Waals surface area contributed by atoms with Gasteiger partial charge in [-0.05, 0) is 47.4 Å². The molecule has 1 amide bonds. The van der Waals surface area contributed by atoms with Gasteiger partial charge >= 0.3 is 0 Å². The third-order valence-corrected chi connectivity index (χ3v) is 6.27. The second-order valence-corrected chi connectivity index (χ2v) is 8.49. The molecule has 2 heterocycles. The van der Waals surface area contributed by atoms with Crippen molar-refractivity contribution in [3.63, 3.8) is 0 Å². The van der Waals surface area contributed by atoms with Crippen molar-refractivity contribution in [2.75, 3.05) is 4.90 Å². The van der Waals surface area contributed by atoms with Crippen molar-refractivity contribution < 1.29 is 4.79 Å². The van der Waals surface area contributed by atoms with E-state index in [1.807, 2.05) is 77.8 Å². The summed E-state index contributed by atoms with van der Waals surface area (Å²) in [7, 11) is 0. The molecule has 34 heavy (non-hydrogen) atoms. The number of carbonyl (C=O) groups excluding carboxylic acids is 1. The van der Waals surface area contributed by atoms with Crippen LogP contribution < -0.4 is 10.2 Å². The molecule has 1 N–H and O–H groups in total. The number of nitrogens with one attached hydrogen (secondary N) is 1. The second-order valence-electron chi connectivity index (χ2n) is 8.49. The maximum absolute atomic E-state index is 13.6. The van der Waals surface area contributed by atoms with Gasteiger partial charge < -0.3 is 9.47 Å². The molecule has 6 nitrogen and oxygen atoms in total. The van der Waals surface area contributed by atoms with Crippen molar-refractivity contribution in [3.05, 3.63) is 119 Å². The van der Waals surface area contributed by atoms with Gasteiger partial charge in [-0.25, -0.2) is 4.98 Å². The molecule has 6 heteroatoms. The second kappa shape index (κ2) is 9.74. The van der Waals surface area contributed by atoms with E-state index in [0.717, 1.165) is 16.9 Å². The van der Waals surface area contributed by atoms with E-state index in [4.69, 9.17) is 5.26 Å². The predicted molar refractivity (Wildman–Crippen MR) is 131 cm³/mol. The van der Waals surface area contributed by atoms with Crippen molar-refractivity contribution >= 4 is 11.6 Å². The molecule has 1 atom stereocenters. The fourth-order valence-corrected chi connectivity index (χ4v) is 4.39. The molecule has 0 unspecified atom stereocenters. The highest BCUT2D eigenvalue weighted by Crippen LogP contribution is 2.25. The summed E-state index contributed by atoms with van der Waals surface area (Å²) in [6.07, 6.45) is 4.28. The standard InChI is InChI=1S/C28H25N5O/c29-15-21-10-12-22(13-11-21)18-32-20-30-16-26(32)17-31-27-14-23-6-4-5-7-24(23)19-33(28(27)34)25-8-2-1-3-9-25/h1-13,16,20,27,31H,14,17-19H2/t27-/m0/s1. The topological polar surface area (TPSA) is 74.0 Å². The number of hydrogen-bond acceptors (Lipinski definition) is 4. The van der Waals surface area contributed by atoms with Crippen molar-refractivity contribution in [2.24, 2.45) is 0 Å². The summed E-state index contributed by atoms with van der Waals surface area (Å²) in [6, 6.07) is 27.5. The van der Waals surface area contributed by atoms with E-state index < -0.39 is 0 Å². The molecule has 1 aliphatic heterocycles. The van der Waals surface area contributed by atoms with Gasteiger partial charge in [0.15, 0.2) is 0 Å². The number of hydrogen-bond donors (Lipinski definition) is 1. The van der Waals surface area contributed by atoms with Gasteiger partial charge in [-0.3, -0.25) is 10.1 Å². The number of imidazole rings is 1. The Bertz CT molecular complexity index is 1320. The molecule has 5 rings (SSSR count). The molecular weight excluding hydrogens is 422 g/mol. The number of anilines is 1. The van der Waals surface area contributed by atoms with Gasteiger partial charge in [0, 0.05) is 25.0 Å². The van der Waals surface area contributed by atoms with Crippen LogP contribution >= 0.6 is 0 Å². The molecule has 0 saturated carbocycles. The molecule has 0 bridgehead atoms. The van der Waals surface area contributed by atoms with Crippen molar-refractivity contribution in [1.82, 2.24) is 14.9 Å². The van der Waals surface area contributed by atoms with Crippen LogP contribution in [0.4, 0.5) is 5.69 Å². The Balaban J connectivity index is 1.35. The summed E-state index contributed by atoms with van der Waals surface area (Å²) in [5.41, 5.74) is 6.01. The summed E-state index contributed by atoms with van der Waals surface area (Å²) in [4.78, 5) is 19.8. The highest BCUT2D eigenvalue weighted by molar-refractivity contribution is 5.98. The molecular formula is C28H25N5O. The SMILES string of the molecule is N#Cc1ccc(Cn2cncc2CN[C@H]2Cc3ccccc3CN(c3ccccc3)C2=O)cc1. The zero-order chi connectivity index (χ0) is 23.3. The highest BCUT2D eigenvalue weighted by Gasteiger charge is 2.30. The number of benzene rings is 3. The molecule has 1 aliphatic rings. The minimum Gasteiger partial charge on any atom is -0.329 e. The van der Waals surface area contributed by atoms with Gasteiger partial charge in [0.2, 0.25) is 5.91 Å². The van der Waals surface area contributed by atoms with Crippen LogP contribution in [0, 0.1) is 11.3 Å². The minimum atomic E-state index is -0.345. The van der Waals surface area contributed by atoms with Gasteiger partial charge in [0.1, 0.15) is 0 Å². The van der Waals surface area contributed by atoms with Crippen LogP contribution in [0.15, 0.2) is 91.4 Å². The Labute approximate surface area is 199 Å². The molecule has 168 valence electrons. The molecule has 1 aromatic heterocycles. The Kier molecular flexibility index (Phi) is 6.19. The smallest absolute Gasteiger partial charge is 0.244 e. The average Bonchev–Trinajstić information content (AvgIpc) is 3.27. The number of amides is 1. The minimum absolute atomic E-state index is 0.0700. The van der Waals surface area contributed by atoms with Crippen LogP contribution in [0.25, 0.3) is 0 Å². The lowest BCUT2D eigenvalue weighted by Crippen LogP contribution is -2.46. The number of para-hydroxylation sites is 1. The van der Waals surface area contributed by atoms with Crippen molar-refractivity contribution in [3.8, 4) is 6.07 Å². The lowest BCUT2D eigenvalue weighted by Gasteiger charge is -2.25. The Hall–Kier alpha value is -4.21. The Morgan fingerprint density at radius 1 is 0.971 bits per heavy atom. The normalized spacial score (nSPS) is 15.4. The molecule has 0 aliphatic carbocycles. The first-order chi connectivity index (χ1) is 16.7. The summed E-state index contributed by atoms with van der Waals surface area (Å²) in [6.45, 7) is 1.74. The third-order valence-electron chi connectivity index (χ3n) is 6.27. The van der Waals surface area contributed by atoms with Crippen LogP contribution in [0.3, 0.4) is 0 Å². The first-order valence-corrected chi connectivity index (χ1v) is 11.4. The molecule has 0 radical (unpaired) electrons. The van der Waals surface area contributed by atoms with Crippen LogP contribution in [-0.4, -0.2) is 21.5 Å². The van der Waals surface area contributed by atoms with E-state index in [-0.39, 0.29) is 11.9 Å². The molecule has 0 fully saturated rings. The molecule has 0 saturated heterocycles. The number of nitriles is 1. The maximum Gasteiger partial charge on any atom is 0.244 e. The van der Waals surface area contributed by atoms with E-state index in [1.165, 1.54) is 11.1 Å². The van der Waals surface area contributed by atoms with E-state index in [9.17, 15) is 4.79 Å². The Morgan fingerprint density at radius 2 is 1.71 bits per heavy atom. The van der Waals surface area contributed by atoms with Gasteiger partial charge in [-0.1, -0.05) is 54.6 Å². The Morgan fingerprint density at radius 3 is 2.47 bits per heavy atom. The van der Waals surface area contributed by atoms with E-state index >= 15 is 0 Å². The number of aromatic nitrogens is 2. The monoisotopic (exact) mass is 447 g/mol. The largest absolute Gasteiger partial charge is 0.329 e. The lowest BCUT2D eigenvalue weighted by molar-refractivity contribution is -0.120. The van der Waals surface area contributed by atoms with Gasteiger partial charge in [0.25, 0.3) is 0 Å². The fraction of sp³-hybridized carbons (Fsp3) is 0.179. The first-order valence-electron chi connectivity index (χ1n) is 11.4. The molecule has 0 spiro atoms. The van der Waals surface area contributed by atoms with Crippen LogP contribution in [0.2, 0.25) is 0 Å². The van der Waals surface area contributed by atoms with Gasteiger partial charge in [-0.2, -0.15) is 5.26 Å². The first kappa shape index (κ1) is 21.6. The summed E-state index contributed by atoms with van der Waals surface area (Å²) in [5, 5.41) is 12.5. The van der Waals surface area contributed by atoms with Crippen LogP contribution in [-0.2, 0) is 30.8 Å². The van der Waals surface area contributed by atoms with Crippen molar-refractivity contribution in [1.29, 1.82) is 5.26 Å². The number of fused-ring (bicyclic) bond motifs is 1. The van der Waals surface area contributed by atoms with E-state index in [2.05, 4.69) is 33.1 Å². The number of nitrogens with zero attached hydrogens (tertiary/aromatic N) is 4. The summed E-state index contributed by atoms with van der Waals surface area (Å²) >= 11 is 0. The zero-order valence-electron chi connectivity index (χ0n) is 18.8. The van der Waals surface area contributed by atoms with E-state index in [1.54, 1.807) is 6.33 Å².